The van der Waals surface area contributed by atoms with E-state index in [2.05, 4.69) is 6.92 Å². The molecule has 0 aromatic carbocycles. The minimum atomic E-state index is -0.352. The lowest BCUT2D eigenvalue weighted by molar-refractivity contribution is -0.142. The number of hydrogen-bond acceptors (Lipinski definition) is 2. The second-order valence-corrected chi connectivity index (χ2v) is 5.29. The third-order valence-electron chi connectivity index (χ3n) is 4.13. The second kappa shape index (κ2) is 5.67. The minimum absolute atomic E-state index is 0.260. The average molecular weight is 226 g/mol. The van der Waals surface area contributed by atoms with Crippen molar-refractivity contribution in [3.8, 4) is 0 Å². The van der Waals surface area contributed by atoms with Crippen molar-refractivity contribution < 1.29 is 4.79 Å². The summed E-state index contributed by atoms with van der Waals surface area (Å²) < 4.78 is 0. The highest BCUT2D eigenvalue weighted by Crippen LogP contribution is 2.27. The molecule has 0 radical (unpaired) electrons. The normalized spacial score (nSPS) is 25.2. The van der Waals surface area contributed by atoms with Crippen molar-refractivity contribution in [2.24, 2.45) is 17.1 Å². The summed E-state index contributed by atoms with van der Waals surface area (Å²) in [4.78, 5) is 14.4. The number of amides is 1. The van der Waals surface area contributed by atoms with Crippen molar-refractivity contribution in [2.75, 3.05) is 19.6 Å². The topological polar surface area (TPSA) is 46.3 Å². The minimum Gasteiger partial charge on any atom is -0.342 e. The molecule has 0 bridgehead atoms. The van der Waals surface area contributed by atoms with Gasteiger partial charge in [-0.05, 0) is 32.1 Å². The smallest absolute Gasteiger partial charge is 0.229 e. The van der Waals surface area contributed by atoms with Gasteiger partial charge in [-0.2, -0.15) is 0 Å². The Balaban J connectivity index is 2.65. The summed E-state index contributed by atoms with van der Waals surface area (Å²) in [6, 6.07) is 0. The summed E-state index contributed by atoms with van der Waals surface area (Å²) in [5.74, 6) is 0.951. The molecule has 3 nitrogen and oxygen atoms in total. The van der Waals surface area contributed by atoms with Crippen LogP contribution in [0.2, 0.25) is 0 Å². The van der Waals surface area contributed by atoms with Crippen LogP contribution in [0.25, 0.3) is 0 Å². The number of piperidine rings is 1. The zero-order valence-electron chi connectivity index (χ0n) is 11.0. The Morgan fingerprint density at radius 3 is 2.69 bits per heavy atom. The number of carbonyl (C=O) groups excluding carboxylic acids is 1. The molecular weight excluding hydrogens is 200 g/mol. The van der Waals surface area contributed by atoms with E-state index in [1.807, 2.05) is 18.7 Å². The van der Waals surface area contributed by atoms with Gasteiger partial charge in [-0.25, -0.2) is 0 Å². The molecule has 0 aromatic rings. The molecule has 16 heavy (non-hydrogen) atoms. The summed E-state index contributed by atoms with van der Waals surface area (Å²) in [5, 5.41) is 0. The number of rotatable bonds is 4. The van der Waals surface area contributed by atoms with Crippen molar-refractivity contribution in [3.05, 3.63) is 0 Å². The van der Waals surface area contributed by atoms with Crippen molar-refractivity contribution >= 4 is 5.91 Å². The Kier molecular flexibility index (Phi) is 4.78. The van der Waals surface area contributed by atoms with Gasteiger partial charge in [0.15, 0.2) is 0 Å². The second-order valence-electron chi connectivity index (χ2n) is 5.29. The molecule has 0 aromatic heterocycles. The van der Waals surface area contributed by atoms with E-state index in [0.29, 0.717) is 12.5 Å². The van der Waals surface area contributed by atoms with Gasteiger partial charge in [0.1, 0.15) is 0 Å². The Morgan fingerprint density at radius 1 is 1.50 bits per heavy atom. The summed E-state index contributed by atoms with van der Waals surface area (Å²) in [6.45, 7) is 8.56. The van der Waals surface area contributed by atoms with Crippen LogP contribution in [0.1, 0.15) is 46.5 Å². The molecule has 1 rings (SSSR count). The van der Waals surface area contributed by atoms with Crippen LogP contribution in [0, 0.1) is 11.3 Å². The fourth-order valence-corrected chi connectivity index (χ4v) is 2.35. The largest absolute Gasteiger partial charge is 0.342 e. The lowest BCUT2D eigenvalue weighted by Gasteiger charge is -2.38. The first kappa shape index (κ1) is 13.5. The number of carbonyl (C=O) groups is 1. The predicted octanol–water partition coefficient (Wildman–Crippen LogP) is 2.01. The maximum absolute atomic E-state index is 12.4. The molecule has 0 saturated carbocycles. The third kappa shape index (κ3) is 2.76. The molecule has 1 aliphatic heterocycles. The van der Waals surface area contributed by atoms with E-state index < -0.39 is 0 Å². The van der Waals surface area contributed by atoms with Crippen molar-refractivity contribution in [2.45, 2.75) is 46.5 Å². The van der Waals surface area contributed by atoms with Gasteiger partial charge in [0.25, 0.3) is 0 Å². The first-order valence-electron chi connectivity index (χ1n) is 6.56. The first-order valence-corrected chi connectivity index (χ1v) is 6.56. The summed E-state index contributed by atoms with van der Waals surface area (Å²) in [7, 11) is 0. The molecule has 2 N–H and O–H groups in total. The van der Waals surface area contributed by atoms with Gasteiger partial charge in [-0.15, -0.1) is 0 Å². The van der Waals surface area contributed by atoms with Crippen LogP contribution >= 0.6 is 0 Å². The maximum Gasteiger partial charge on any atom is 0.229 e. The lowest BCUT2D eigenvalue weighted by atomic mass is 9.84. The molecule has 2 atom stereocenters. The van der Waals surface area contributed by atoms with E-state index in [4.69, 9.17) is 5.73 Å². The van der Waals surface area contributed by atoms with E-state index in [0.717, 1.165) is 25.9 Å². The van der Waals surface area contributed by atoms with Crippen LogP contribution < -0.4 is 5.73 Å². The van der Waals surface area contributed by atoms with Gasteiger partial charge in [0.05, 0.1) is 5.41 Å². The summed E-state index contributed by atoms with van der Waals surface area (Å²) in [6.07, 6.45) is 4.42. The monoisotopic (exact) mass is 226 g/mol. The van der Waals surface area contributed by atoms with E-state index in [1.54, 1.807) is 0 Å². The molecule has 1 amide bonds. The SMILES string of the molecule is CCC1CCCN(C(=O)C(C)(CC)CN)C1. The average Bonchev–Trinajstić information content (AvgIpc) is 2.37. The molecule has 1 aliphatic rings. The Labute approximate surface area is 99.4 Å². The summed E-state index contributed by atoms with van der Waals surface area (Å²) >= 11 is 0. The number of nitrogens with zero attached hydrogens (tertiary/aromatic N) is 1. The highest BCUT2D eigenvalue weighted by molar-refractivity contribution is 5.82. The Hall–Kier alpha value is -0.570. The van der Waals surface area contributed by atoms with Gasteiger partial charge < -0.3 is 10.6 Å². The van der Waals surface area contributed by atoms with Crippen LogP contribution in [0.4, 0.5) is 0 Å². The molecule has 1 saturated heterocycles. The summed E-state index contributed by atoms with van der Waals surface area (Å²) in [5.41, 5.74) is 5.39. The van der Waals surface area contributed by atoms with Crippen LogP contribution in [0.5, 0.6) is 0 Å². The van der Waals surface area contributed by atoms with E-state index >= 15 is 0 Å². The standard InChI is InChI=1S/C13H26N2O/c1-4-11-7-6-8-15(9-11)12(16)13(3,5-2)10-14/h11H,4-10,14H2,1-3H3. The quantitative estimate of drug-likeness (QED) is 0.797. The third-order valence-corrected chi connectivity index (χ3v) is 4.13. The van der Waals surface area contributed by atoms with Gasteiger partial charge in [-0.1, -0.05) is 20.3 Å². The van der Waals surface area contributed by atoms with Crippen molar-refractivity contribution in [1.82, 2.24) is 4.90 Å². The molecule has 0 spiro atoms. The van der Waals surface area contributed by atoms with Gasteiger partial charge in [0, 0.05) is 19.6 Å². The van der Waals surface area contributed by atoms with E-state index in [1.165, 1.54) is 12.8 Å². The lowest BCUT2D eigenvalue weighted by Crippen LogP contribution is -2.49. The molecule has 94 valence electrons. The highest BCUT2D eigenvalue weighted by atomic mass is 16.2. The molecular formula is C13H26N2O. The Morgan fingerprint density at radius 2 is 2.19 bits per heavy atom. The van der Waals surface area contributed by atoms with Crippen LogP contribution in [-0.4, -0.2) is 30.4 Å². The molecule has 3 heteroatoms. The Bertz CT molecular complexity index is 236. The van der Waals surface area contributed by atoms with E-state index in [-0.39, 0.29) is 11.3 Å². The van der Waals surface area contributed by atoms with Crippen LogP contribution in [0.3, 0.4) is 0 Å². The van der Waals surface area contributed by atoms with Crippen LogP contribution in [-0.2, 0) is 4.79 Å². The molecule has 2 unspecified atom stereocenters. The molecule has 1 heterocycles. The predicted molar refractivity (Wildman–Crippen MR) is 67.0 cm³/mol. The van der Waals surface area contributed by atoms with Crippen molar-refractivity contribution in [1.29, 1.82) is 0 Å². The first-order chi connectivity index (χ1) is 7.57. The molecule has 0 aliphatic carbocycles. The van der Waals surface area contributed by atoms with Crippen LogP contribution in [0.15, 0.2) is 0 Å². The van der Waals surface area contributed by atoms with E-state index in [9.17, 15) is 4.79 Å². The highest BCUT2D eigenvalue weighted by Gasteiger charge is 2.35. The zero-order chi connectivity index (χ0) is 12.2. The van der Waals surface area contributed by atoms with Gasteiger partial charge in [-0.3, -0.25) is 4.79 Å². The van der Waals surface area contributed by atoms with Gasteiger partial charge in [0.2, 0.25) is 5.91 Å². The fraction of sp³-hybridized carbons (Fsp3) is 0.923. The fourth-order valence-electron chi connectivity index (χ4n) is 2.35. The number of nitrogens with two attached hydrogens (primary N) is 1. The van der Waals surface area contributed by atoms with Crippen molar-refractivity contribution in [3.63, 3.8) is 0 Å². The van der Waals surface area contributed by atoms with Gasteiger partial charge >= 0.3 is 0 Å². The maximum atomic E-state index is 12.4. The molecule has 1 fully saturated rings. The number of hydrogen-bond donors (Lipinski definition) is 1. The number of likely N-dealkylation sites (tertiary alicyclic amines) is 1. The zero-order valence-corrected chi connectivity index (χ0v) is 11.0.